The molecule has 0 heterocycles. The quantitative estimate of drug-likeness (QED) is 0.720. The summed E-state index contributed by atoms with van der Waals surface area (Å²) in [6, 6.07) is 3.49. The van der Waals surface area contributed by atoms with Gasteiger partial charge in [-0.25, -0.2) is 8.78 Å². The van der Waals surface area contributed by atoms with E-state index >= 15 is 0 Å². The van der Waals surface area contributed by atoms with Crippen molar-refractivity contribution >= 4 is 0 Å². The van der Waals surface area contributed by atoms with E-state index < -0.39 is 17.7 Å². The van der Waals surface area contributed by atoms with E-state index in [0.717, 1.165) is 31.7 Å². The smallest absolute Gasteiger partial charge is 0.129 e. The zero-order valence-electron chi connectivity index (χ0n) is 10.3. The lowest BCUT2D eigenvalue weighted by atomic mass is 10.0. The van der Waals surface area contributed by atoms with Gasteiger partial charge in [-0.05, 0) is 18.1 Å². The fourth-order valence-electron chi connectivity index (χ4n) is 1.85. The van der Waals surface area contributed by atoms with Crippen LogP contribution in [0.15, 0.2) is 18.2 Å². The third kappa shape index (κ3) is 5.26. The van der Waals surface area contributed by atoms with Crippen molar-refractivity contribution in [3.63, 3.8) is 0 Å². The fourth-order valence-corrected chi connectivity index (χ4v) is 1.85. The van der Waals surface area contributed by atoms with Crippen LogP contribution < -0.4 is 0 Å². The molecule has 0 amide bonds. The van der Waals surface area contributed by atoms with Gasteiger partial charge in [0.15, 0.2) is 0 Å². The number of hydrogen-bond acceptors (Lipinski definition) is 1. The zero-order valence-corrected chi connectivity index (χ0v) is 10.3. The molecule has 0 bridgehead atoms. The molecule has 1 atom stereocenters. The normalized spacial score (nSPS) is 12.7. The van der Waals surface area contributed by atoms with Crippen molar-refractivity contribution in [3.05, 3.63) is 35.4 Å². The van der Waals surface area contributed by atoms with Gasteiger partial charge in [0.1, 0.15) is 11.6 Å². The second kappa shape index (κ2) is 7.38. The molecule has 0 saturated heterocycles. The van der Waals surface area contributed by atoms with E-state index in [1.54, 1.807) is 0 Å². The first-order valence-electron chi connectivity index (χ1n) is 6.25. The highest BCUT2D eigenvalue weighted by atomic mass is 19.1. The average molecular weight is 242 g/mol. The SMILES string of the molecule is CCCCCCC(O)Cc1ccc(F)cc1F. The van der Waals surface area contributed by atoms with Crippen LogP contribution >= 0.6 is 0 Å². The summed E-state index contributed by atoms with van der Waals surface area (Å²) in [7, 11) is 0. The maximum absolute atomic E-state index is 13.3. The van der Waals surface area contributed by atoms with E-state index in [1.165, 1.54) is 12.1 Å². The first kappa shape index (κ1) is 14.1. The lowest BCUT2D eigenvalue weighted by molar-refractivity contribution is 0.159. The molecule has 1 aromatic carbocycles. The Kier molecular flexibility index (Phi) is 6.12. The van der Waals surface area contributed by atoms with Gasteiger partial charge in [0.05, 0.1) is 6.10 Å². The summed E-state index contributed by atoms with van der Waals surface area (Å²) < 4.78 is 26.0. The average Bonchev–Trinajstić information content (AvgIpc) is 2.28. The van der Waals surface area contributed by atoms with Crippen LogP contribution in [0.4, 0.5) is 8.78 Å². The Balaban J connectivity index is 2.37. The van der Waals surface area contributed by atoms with Gasteiger partial charge in [-0.2, -0.15) is 0 Å². The third-order valence-corrected chi connectivity index (χ3v) is 2.86. The summed E-state index contributed by atoms with van der Waals surface area (Å²) in [6.45, 7) is 2.13. The van der Waals surface area contributed by atoms with Crippen molar-refractivity contribution in [3.8, 4) is 0 Å². The van der Waals surface area contributed by atoms with Crippen molar-refractivity contribution < 1.29 is 13.9 Å². The Hall–Kier alpha value is -0.960. The molecule has 0 aliphatic carbocycles. The predicted octanol–water partition coefficient (Wildman–Crippen LogP) is 3.84. The number of unbranched alkanes of at least 4 members (excludes halogenated alkanes) is 3. The molecule has 0 fully saturated rings. The number of aliphatic hydroxyl groups excluding tert-OH is 1. The van der Waals surface area contributed by atoms with E-state index in [-0.39, 0.29) is 6.42 Å². The standard InChI is InChI=1S/C14H20F2O/c1-2-3-4-5-6-13(17)9-11-7-8-12(15)10-14(11)16/h7-8,10,13,17H,2-6,9H2,1H3. The van der Waals surface area contributed by atoms with E-state index in [2.05, 4.69) is 6.92 Å². The molecule has 0 aromatic heterocycles. The van der Waals surface area contributed by atoms with Gasteiger partial charge in [0.25, 0.3) is 0 Å². The summed E-state index contributed by atoms with van der Waals surface area (Å²) in [5, 5.41) is 9.74. The lowest BCUT2D eigenvalue weighted by Crippen LogP contribution is -2.11. The van der Waals surface area contributed by atoms with Crippen LogP contribution in [0.2, 0.25) is 0 Å². The molecule has 0 aliphatic rings. The largest absolute Gasteiger partial charge is 0.393 e. The van der Waals surface area contributed by atoms with Crippen LogP contribution in [0, 0.1) is 11.6 Å². The fraction of sp³-hybridized carbons (Fsp3) is 0.571. The topological polar surface area (TPSA) is 20.2 Å². The molecule has 0 radical (unpaired) electrons. The maximum Gasteiger partial charge on any atom is 0.129 e. The Bertz CT molecular complexity index is 339. The molecule has 1 N–H and O–H groups in total. The first-order valence-corrected chi connectivity index (χ1v) is 6.25. The van der Waals surface area contributed by atoms with Gasteiger partial charge in [0, 0.05) is 12.5 Å². The molecule has 1 nitrogen and oxygen atoms in total. The van der Waals surface area contributed by atoms with E-state index in [0.29, 0.717) is 12.0 Å². The maximum atomic E-state index is 13.3. The van der Waals surface area contributed by atoms with Crippen molar-refractivity contribution in [2.75, 3.05) is 0 Å². The molecule has 17 heavy (non-hydrogen) atoms. The predicted molar refractivity (Wildman–Crippen MR) is 64.8 cm³/mol. The number of benzene rings is 1. The van der Waals surface area contributed by atoms with Crippen LogP contribution in [0.3, 0.4) is 0 Å². The molecule has 96 valence electrons. The van der Waals surface area contributed by atoms with Gasteiger partial charge in [0.2, 0.25) is 0 Å². The van der Waals surface area contributed by atoms with Crippen LogP contribution in [-0.4, -0.2) is 11.2 Å². The van der Waals surface area contributed by atoms with Gasteiger partial charge in [-0.3, -0.25) is 0 Å². The first-order chi connectivity index (χ1) is 8.13. The van der Waals surface area contributed by atoms with E-state index in [4.69, 9.17) is 0 Å². The number of hydrogen-bond donors (Lipinski definition) is 1. The van der Waals surface area contributed by atoms with Crippen molar-refractivity contribution in [1.82, 2.24) is 0 Å². The highest BCUT2D eigenvalue weighted by Crippen LogP contribution is 2.14. The van der Waals surface area contributed by atoms with Crippen LogP contribution in [0.5, 0.6) is 0 Å². The van der Waals surface area contributed by atoms with Crippen LogP contribution in [-0.2, 0) is 6.42 Å². The zero-order chi connectivity index (χ0) is 12.7. The van der Waals surface area contributed by atoms with Crippen molar-refractivity contribution in [2.24, 2.45) is 0 Å². The molecule has 0 saturated carbocycles. The number of aliphatic hydroxyl groups is 1. The highest BCUT2D eigenvalue weighted by Gasteiger charge is 2.09. The number of halogens is 2. The van der Waals surface area contributed by atoms with Gasteiger partial charge in [-0.15, -0.1) is 0 Å². The Morgan fingerprint density at radius 2 is 1.94 bits per heavy atom. The minimum atomic E-state index is -0.580. The summed E-state index contributed by atoms with van der Waals surface area (Å²) in [6.07, 6.45) is 4.78. The Morgan fingerprint density at radius 1 is 1.18 bits per heavy atom. The van der Waals surface area contributed by atoms with Crippen LogP contribution in [0.1, 0.15) is 44.6 Å². The molecule has 1 unspecified atom stereocenters. The van der Waals surface area contributed by atoms with Crippen LogP contribution in [0.25, 0.3) is 0 Å². The Labute approximate surface area is 101 Å². The van der Waals surface area contributed by atoms with Gasteiger partial charge >= 0.3 is 0 Å². The van der Waals surface area contributed by atoms with Crippen molar-refractivity contribution in [2.45, 2.75) is 51.6 Å². The lowest BCUT2D eigenvalue weighted by Gasteiger charge is -2.11. The molecule has 3 heteroatoms. The summed E-state index contributed by atoms with van der Waals surface area (Å²) in [5.74, 6) is -1.15. The molecular formula is C14H20F2O. The minimum Gasteiger partial charge on any atom is -0.393 e. The highest BCUT2D eigenvalue weighted by molar-refractivity contribution is 5.19. The van der Waals surface area contributed by atoms with Gasteiger partial charge in [-0.1, -0.05) is 38.7 Å². The second-order valence-corrected chi connectivity index (χ2v) is 4.44. The van der Waals surface area contributed by atoms with E-state index in [9.17, 15) is 13.9 Å². The second-order valence-electron chi connectivity index (χ2n) is 4.44. The molecule has 1 aromatic rings. The Morgan fingerprint density at radius 3 is 2.59 bits per heavy atom. The number of rotatable bonds is 7. The molecular weight excluding hydrogens is 222 g/mol. The molecule has 1 rings (SSSR count). The van der Waals surface area contributed by atoms with E-state index in [1.807, 2.05) is 0 Å². The van der Waals surface area contributed by atoms with Gasteiger partial charge < -0.3 is 5.11 Å². The molecule has 0 spiro atoms. The third-order valence-electron chi connectivity index (χ3n) is 2.86. The minimum absolute atomic E-state index is 0.262. The summed E-state index contributed by atoms with van der Waals surface area (Å²) >= 11 is 0. The molecule has 0 aliphatic heterocycles. The van der Waals surface area contributed by atoms with Crippen molar-refractivity contribution in [1.29, 1.82) is 0 Å². The summed E-state index contributed by atoms with van der Waals surface area (Å²) in [5.41, 5.74) is 0.384. The monoisotopic (exact) mass is 242 g/mol. The summed E-state index contributed by atoms with van der Waals surface area (Å²) in [4.78, 5) is 0.